The lowest BCUT2D eigenvalue weighted by Crippen LogP contribution is -1.98. The van der Waals surface area contributed by atoms with E-state index in [2.05, 4.69) is 20.9 Å². The number of rotatable bonds is 0. The Hall–Kier alpha value is -0.0700. The third-order valence-electron chi connectivity index (χ3n) is 1.52. The molecule has 0 radical (unpaired) electrons. The fourth-order valence-corrected chi connectivity index (χ4v) is 2.80. The number of hydrogen-bond acceptors (Lipinski definition) is 2. The van der Waals surface area contributed by atoms with Gasteiger partial charge in [0.25, 0.3) is 0 Å². The van der Waals surface area contributed by atoms with Gasteiger partial charge in [0.2, 0.25) is 0 Å². The van der Waals surface area contributed by atoms with Gasteiger partial charge in [0.15, 0.2) is 0 Å². The van der Waals surface area contributed by atoms with Gasteiger partial charge in [0, 0.05) is 10.0 Å². The molecule has 4 heteroatoms. The summed E-state index contributed by atoms with van der Waals surface area (Å²) in [6.45, 7) is 0. The highest BCUT2D eigenvalue weighted by molar-refractivity contribution is 14.2. The van der Waals surface area contributed by atoms with E-state index in [0.717, 1.165) is 15.7 Å². The van der Waals surface area contributed by atoms with Crippen LogP contribution >= 0.6 is 36.7 Å². The molecule has 1 aromatic carbocycles. The first-order valence-corrected chi connectivity index (χ1v) is 6.41. The van der Waals surface area contributed by atoms with Crippen LogP contribution in [0.1, 0.15) is 5.56 Å². The third-order valence-corrected chi connectivity index (χ3v) is 3.74. The van der Waals surface area contributed by atoms with Crippen LogP contribution in [-0.2, 0) is 0 Å². The molecule has 1 aliphatic heterocycles. The zero-order chi connectivity index (χ0) is 8.55. The van der Waals surface area contributed by atoms with Crippen LogP contribution in [0, 0.1) is 0 Å². The second kappa shape index (κ2) is 3.35. The second-order valence-electron chi connectivity index (χ2n) is 2.29. The van der Waals surface area contributed by atoms with Gasteiger partial charge in [0.1, 0.15) is 3.69 Å². The van der Waals surface area contributed by atoms with Crippen molar-refractivity contribution in [3.05, 3.63) is 28.2 Å². The van der Waals surface area contributed by atoms with Gasteiger partial charge in [-0.05, 0) is 38.9 Å². The Bertz CT molecular complexity index is 387. The van der Waals surface area contributed by atoms with Crippen LogP contribution in [0.25, 0.3) is 0 Å². The molecule has 0 aromatic heterocycles. The Morgan fingerprint density at radius 1 is 1.42 bits per heavy atom. The van der Waals surface area contributed by atoms with Crippen LogP contribution in [0.15, 0.2) is 27.7 Å². The van der Waals surface area contributed by atoms with E-state index in [-0.39, 0.29) is 0 Å². The Labute approximate surface area is 88.2 Å². The lowest BCUT2D eigenvalue weighted by Gasteiger charge is -2.07. The molecule has 0 bridgehead atoms. The molecule has 2 nitrogen and oxygen atoms in total. The topological polar surface area (TPSA) is 32.6 Å². The molecule has 0 amide bonds. The van der Waals surface area contributed by atoms with E-state index in [1.807, 2.05) is 22.4 Å². The molecule has 1 N–H and O–H groups in total. The molecule has 0 unspecified atom stereocenters. The molecular weight excluding hydrogens is 333 g/mol. The summed E-state index contributed by atoms with van der Waals surface area (Å²) in [6, 6.07) is 5.73. The highest BCUT2D eigenvalue weighted by atomic mass is 127. The summed E-state index contributed by atoms with van der Waals surface area (Å²) >= 11 is 2.96. The highest BCUT2D eigenvalue weighted by Crippen LogP contribution is 2.28. The van der Waals surface area contributed by atoms with Crippen LogP contribution in [0.2, 0.25) is 0 Å². The Balaban J connectivity index is 2.66. The van der Waals surface area contributed by atoms with E-state index >= 15 is 0 Å². The molecule has 0 atom stereocenters. The van der Waals surface area contributed by atoms with E-state index in [4.69, 9.17) is 0 Å². The third kappa shape index (κ3) is 1.51. The van der Waals surface area contributed by atoms with Crippen molar-refractivity contribution in [2.45, 2.75) is 0 Å². The first kappa shape index (κ1) is 8.52. The maximum absolute atomic E-state index is 9.54. The molecule has 0 spiro atoms. The van der Waals surface area contributed by atoms with Crippen molar-refractivity contribution in [2.75, 3.05) is 0 Å². The molecule has 1 aliphatic rings. The molecule has 62 valence electrons. The van der Waals surface area contributed by atoms with E-state index < -0.39 is 20.7 Å². The minimum Gasteiger partial charge on any atom is -0.355 e. The van der Waals surface area contributed by atoms with Crippen molar-refractivity contribution in [2.24, 2.45) is 4.99 Å². The first-order chi connectivity index (χ1) is 5.77. The Kier molecular flexibility index (Phi) is 2.38. The number of halogens is 2. The minimum atomic E-state index is -0.390. The van der Waals surface area contributed by atoms with Crippen LogP contribution in [0.3, 0.4) is 0 Å². The second-order valence-corrected chi connectivity index (χ2v) is 5.41. The van der Waals surface area contributed by atoms with Gasteiger partial charge in [-0.15, -0.1) is 0 Å². The predicted molar refractivity (Wildman–Crippen MR) is 62.4 cm³/mol. The normalized spacial score (nSPS) is 14.7. The summed E-state index contributed by atoms with van der Waals surface area (Å²) in [5.74, 6) is 0. The summed E-state index contributed by atoms with van der Waals surface area (Å²) in [6.07, 6.45) is 0. The van der Waals surface area contributed by atoms with Gasteiger partial charge < -0.3 is 5.11 Å². The number of aliphatic imine (C=N–C) groups is 1. The SMILES string of the molecule is OC1=IC=Nc2ccc(Br)cc21. The van der Waals surface area contributed by atoms with Crippen molar-refractivity contribution >= 4 is 50.3 Å². The fourth-order valence-electron chi connectivity index (χ4n) is 0.968. The summed E-state index contributed by atoms with van der Waals surface area (Å²) in [7, 11) is 0. The number of nitrogens with zero attached hydrogens (tertiary/aromatic N) is 1. The first-order valence-electron chi connectivity index (χ1n) is 3.29. The Morgan fingerprint density at radius 3 is 3.08 bits per heavy atom. The maximum Gasteiger partial charge on any atom is 0.115 e. The van der Waals surface area contributed by atoms with Crippen LogP contribution < -0.4 is 0 Å². The lowest BCUT2D eigenvalue weighted by molar-refractivity contribution is 0.573. The smallest absolute Gasteiger partial charge is 0.115 e. The van der Waals surface area contributed by atoms with Crippen molar-refractivity contribution in [1.82, 2.24) is 0 Å². The van der Waals surface area contributed by atoms with Crippen molar-refractivity contribution in [3.8, 4) is 0 Å². The lowest BCUT2D eigenvalue weighted by atomic mass is 10.2. The van der Waals surface area contributed by atoms with Gasteiger partial charge in [0.05, 0.1) is 9.91 Å². The average molecular weight is 338 g/mol. The quantitative estimate of drug-likeness (QED) is 0.725. The van der Waals surface area contributed by atoms with E-state index in [0.29, 0.717) is 3.69 Å². The number of fused-ring (bicyclic) bond motifs is 1. The van der Waals surface area contributed by atoms with Crippen LogP contribution in [0.5, 0.6) is 0 Å². The average Bonchev–Trinajstić information content (AvgIpc) is 2.07. The summed E-state index contributed by atoms with van der Waals surface area (Å²) < 4.78 is 3.30. The number of hydrogen-bond donors (Lipinski definition) is 1. The van der Waals surface area contributed by atoms with Crippen LogP contribution in [0.4, 0.5) is 5.69 Å². The summed E-state index contributed by atoms with van der Waals surface area (Å²) in [5.41, 5.74) is 1.74. The van der Waals surface area contributed by atoms with Gasteiger partial charge in [-0.3, -0.25) is 0 Å². The molecule has 0 saturated heterocycles. The molecule has 0 saturated carbocycles. The van der Waals surface area contributed by atoms with Gasteiger partial charge >= 0.3 is 0 Å². The van der Waals surface area contributed by atoms with Crippen molar-refractivity contribution < 1.29 is 5.11 Å². The molecule has 0 aliphatic carbocycles. The van der Waals surface area contributed by atoms with E-state index in [1.54, 1.807) is 0 Å². The van der Waals surface area contributed by atoms with Crippen molar-refractivity contribution in [1.29, 1.82) is 0 Å². The standard InChI is InChI=1S/C8H5BrINO/c9-5-1-2-7-6(3-5)8(12)10-4-11-7/h1-4,12H. The Morgan fingerprint density at radius 2 is 2.25 bits per heavy atom. The van der Waals surface area contributed by atoms with E-state index in [1.165, 1.54) is 0 Å². The minimum absolute atomic E-state index is 0.390. The highest BCUT2D eigenvalue weighted by Gasteiger charge is 2.08. The van der Waals surface area contributed by atoms with Gasteiger partial charge in [-0.25, -0.2) is 4.99 Å². The monoisotopic (exact) mass is 337 g/mol. The van der Waals surface area contributed by atoms with Crippen molar-refractivity contribution in [3.63, 3.8) is 0 Å². The molecular formula is C8H5BrINO. The zero-order valence-electron chi connectivity index (χ0n) is 5.96. The number of aliphatic hydroxyl groups is 1. The summed E-state index contributed by atoms with van der Waals surface area (Å²) in [5, 5.41) is 9.54. The molecule has 1 aromatic rings. The molecule has 2 rings (SSSR count). The molecule has 0 fully saturated rings. The largest absolute Gasteiger partial charge is 0.355 e. The van der Waals surface area contributed by atoms with Gasteiger partial charge in [-0.2, -0.15) is 0 Å². The number of benzene rings is 1. The predicted octanol–water partition coefficient (Wildman–Crippen LogP) is 2.94. The van der Waals surface area contributed by atoms with Gasteiger partial charge in [-0.1, -0.05) is 15.9 Å². The summed E-state index contributed by atoms with van der Waals surface area (Å²) in [4.78, 5) is 4.21. The maximum atomic E-state index is 9.54. The number of aliphatic hydroxyl groups excluding tert-OH is 1. The zero-order valence-corrected chi connectivity index (χ0v) is 9.70. The van der Waals surface area contributed by atoms with E-state index in [9.17, 15) is 5.11 Å². The molecule has 12 heavy (non-hydrogen) atoms. The molecule has 1 heterocycles. The van der Waals surface area contributed by atoms with Crippen LogP contribution in [-0.4, -0.2) is 13.0 Å². The fraction of sp³-hybridized carbons (Fsp3) is 0.